The van der Waals surface area contributed by atoms with Gasteiger partial charge in [-0.2, -0.15) is 0 Å². The minimum atomic E-state index is 0.250. The molecule has 1 aliphatic heterocycles. The quantitative estimate of drug-likeness (QED) is 0.869. The number of nitrogens with one attached hydrogen (secondary N) is 2. The van der Waals surface area contributed by atoms with E-state index in [1.165, 1.54) is 37.1 Å². The lowest BCUT2D eigenvalue weighted by Crippen LogP contribution is -2.35. The number of hydrogen-bond acceptors (Lipinski definition) is 2. The van der Waals surface area contributed by atoms with Gasteiger partial charge in [-0.15, -0.1) is 0 Å². The molecule has 1 aromatic carbocycles. The molecule has 19 heavy (non-hydrogen) atoms. The van der Waals surface area contributed by atoms with Crippen LogP contribution < -0.4 is 10.6 Å². The highest BCUT2D eigenvalue weighted by atomic mass is 14.9. The Hall–Kier alpha value is -0.860. The Balaban J connectivity index is 1.76. The zero-order valence-corrected chi connectivity index (χ0v) is 12.6. The minimum Gasteiger partial charge on any atom is -0.316 e. The first-order chi connectivity index (χ1) is 9.05. The lowest BCUT2D eigenvalue weighted by molar-refractivity contribution is 0.360. The Morgan fingerprint density at radius 2 is 1.95 bits per heavy atom. The van der Waals surface area contributed by atoms with Gasteiger partial charge in [-0.3, -0.25) is 0 Å². The Kier molecular flexibility index (Phi) is 5.00. The van der Waals surface area contributed by atoms with Crippen LogP contribution in [-0.4, -0.2) is 19.6 Å². The molecule has 0 saturated carbocycles. The van der Waals surface area contributed by atoms with Gasteiger partial charge >= 0.3 is 0 Å². The predicted octanol–water partition coefficient (Wildman–Crippen LogP) is 3.07. The average molecular weight is 260 g/mol. The van der Waals surface area contributed by atoms with Crippen molar-refractivity contribution in [2.24, 2.45) is 5.92 Å². The smallest absolute Gasteiger partial charge is 0.0205 e. The molecule has 0 aliphatic carbocycles. The summed E-state index contributed by atoms with van der Waals surface area (Å²) in [7, 11) is 0. The van der Waals surface area contributed by atoms with Crippen molar-refractivity contribution in [3.05, 3.63) is 35.4 Å². The molecule has 2 N–H and O–H groups in total. The molecule has 1 aliphatic rings. The molecule has 1 unspecified atom stereocenters. The molecule has 1 aromatic rings. The van der Waals surface area contributed by atoms with E-state index < -0.39 is 0 Å². The van der Waals surface area contributed by atoms with Crippen molar-refractivity contribution in [3.63, 3.8) is 0 Å². The van der Waals surface area contributed by atoms with Gasteiger partial charge in [0.05, 0.1) is 0 Å². The molecule has 0 radical (unpaired) electrons. The standard InChI is InChI=1S/C17H28N2/c1-17(2,3)16-8-6-14(7-9-16)11-19-13-15-5-4-10-18-12-15/h6-9,15,18-19H,4-5,10-13H2,1-3H3. The fraction of sp³-hybridized carbons (Fsp3) is 0.647. The third kappa shape index (κ3) is 4.63. The van der Waals surface area contributed by atoms with Crippen molar-refractivity contribution in [2.75, 3.05) is 19.6 Å². The molecular weight excluding hydrogens is 232 g/mol. The summed E-state index contributed by atoms with van der Waals surface area (Å²) in [5.41, 5.74) is 3.05. The minimum absolute atomic E-state index is 0.250. The number of benzene rings is 1. The van der Waals surface area contributed by atoms with E-state index in [2.05, 4.69) is 55.7 Å². The van der Waals surface area contributed by atoms with Crippen molar-refractivity contribution in [1.29, 1.82) is 0 Å². The van der Waals surface area contributed by atoms with Crippen molar-refractivity contribution in [1.82, 2.24) is 10.6 Å². The van der Waals surface area contributed by atoms with Gasteiger partial charge in [-0.1, -0.05) is 45.0 Å². The Bertz CT molecular complexity index is 369. The lowest BCUT2D eigenvalue weighted by Gasteiger charge is -2.23. The summed E-state index contributed by atoms with van der Waals surface area (Å²) in [6, 6.07) is 9.04. The molecule has 0 amide bonds. The van der Waals surface area contributed by atoms with Crippen LogP contribution in [0.4, 0.5) is 0 Å². The Morgan fingerprint density at radius 3 is 2.53 bits per heavy atom. The molecule has 2 heteroatoms. The van der Waals surface area contributed by atoms with E-state index >= 15 is 0 Å². The van der Waals surface area contributed by atoms with Gasteiger partial charge in [0, 0.05) is 6.54 Å². The highest BCUT2D eigenvalue weighted by molar-refractivity contribution is 5.27. The molecule has 1 saturated heterocycles. The van der Waals surface area contributed by atoms with Gasteiger partial charge in [0.2, 0.25) is 0 Å². The number of piperidine rings is 1. The van der Waals surface area contributed by atoms with E-state index in [0.29, 0.717) is 0 Å². The maximum atomic E-state index is 3.59. The monoisotopic (exact) mass is 260 g/mol. The molecule has 1 heterocycles. The second-order valence-electron chi connectivity index (χ2n) is 6.79. The van der Waals surface area contributed by atoms with E-state index in [0.717, 1.165) is 19.0 Å². The molecular formula is C17H28N2. The maximum absolute atomic E-state index is 3.59. The molecule has 2 rings (SSSR count). The van der Waals surface area contributed by atoms with Crippen LogP contribution in [0.1, 0.15) is 44.7 Å². The highest BCUT2D eigenvalue weighted by Gasteiger charge is 2.13. The molecule has 2 nitrogen and oxygen atoms in total. The van der Waals surface area contributed by atoms with Gasteiger partial charge in [-0.05, 0) is 54.9 Å². The van der Waals surface area contributed by atoms with Crippen molar-refractivity contribution in [2.45, 2.75) is 45.6 Å². The van der Waals surface area contributed by atoms with Gasteiger partial charge in [0.25, 0.3) is 0 Å². The van der Waals surface area contributed by atoms with Crippen molar-refractivity contribution < 1.29 is 0 Å². The van der Waals surface area contributed by atoms with Gasteiger partial charge < -0.3 is 10.6 Å². The first kappa shape index (κ1) is 14.5. The summed E-state index contributed by atoms with van der Waals surface area (Å²) in [5.74, 6) is 0.808. The molecule has 106 valence electrons. The first-order valence-corrected chi connectivity index (χ1v) is 7.56. The van der Waals surface area contributed by atoms with E-state index in [1.807, 2.05) is 0 Å². The lowest BCUT2D eigenvalue weighted by atomic mass is 9.87. The largest absolute Gasteiger partial charge is 0.316 e. The molecule has 0 spiro atoms. The summed E-state index contributed by atoms with van der Waals surface area (Å²) in [5, 5.41) is 7.06. The van der Waals surface area contributed by atoms with Crippen LogP contribution in [0.25, 0.3) is 0 Å². The number of hydrogen-bond donors (Lipinski definition) is 2. The van der Waals surface area contributed by atoms with E-state index in [-0.39, 0.29) is 5.41 Å². The van der Waals surface area contributed by atoms with Crippen LogP contribution in [0.15, 0.2) is 24.3 Å². The second kappa shape index (κ2) is 6.53. The number of rotatable bonds is 4. The maximum Gasteiger partial charge on any atom is 0.0205 e. The molecule has 0 aromatic heterocycles. The van der Waals surface area contributed by atoms with Crippen LogP contribution in [0.2, 0.25) is 0 Å². The summed E-state index contributed by atoms with van der Waals surface area (Å²) in [6.07, 6.45) is 2.69. The van der Waals surface area contributed by atoms with E-state index in [9.17, 15) is 0 Å². The zero-order chi connectivity index (χ0) is 13.7. The summed E-state index contributed by atoms with van der Waals surface area (Å²) in [6.45, 7) is 11.3. The SMILES string of the molecule is CC(C)(C)c1ccc(CNCC2CCCNC2)cc1. The van der Waals surface area contributed by atoms with Crippen LogP contribution in [-0.2, 0) is 12.0 Å². The van der Waals surface area contributed by atoms with E-state index in [4.69, 9.17) is 0 Å². The fourth-order valence-corrected chi connectivity index (χ4v) is 2.64. The first-order valence-electron chi connectivity index (χ1n) is 7.56. The van der Waals surface area contributed by atoms with Crippen molar-refractivity contribution >= 4 is 0 Å². The van der Waals surface area contributed by atoms with Crippen LogP contribution >= 0.6 is 0 Å². The van der Waals surface area contributed by atoms with Gasteiger partial charge in [0.1, 0.15) is 0 Å². The summed E-state index contributed by atoms with van der Waals surface area (Å²) in [4.78, 5) is 0. The molecule has 1 fully saturated rings. The van der Waals surface area contributed by atoms with Gasteiger partial charge in [0.15, 0.2) is 0 Å². The van der Waals surface area contributed by atoms with Crippen LogP contribution in [0.3, 0.4) is 0 Å². The Morgan fingerprint density at radius 1 is 1.21 bits per heavy atom. The third-order valence-electron chi connectivity index (χ3n) is 3.98. The predicted molar refractivity (Wildman–Crippen MR) is 82.4 cm³/mol. The van der Waals surface area contributed by atoms with Gasteiger partial charge in [-0.25, -0.2) is 0 Å². The molecule has 1 atom stereocenters. The fourth-order valence-electron chi connectivity index (χ4n) is 2.64. The molecule has 0 bridgehead atoms. The zero-order valence-electron chi connectivity index (χ0n) is 12.6. The van der Waals surface area contributed by atoms with Crippen LogP contribution in [0.5, 0.6) is 0 Å². The Labute approximate surface area is 118 Å². The van der Waals surface area contributed by atoms with E-state index in [1.54, 1.807) is 0 Å². The highest BCUT2D eigenvalue weighted by Crippen LogP contribution is 2.22. The topological polar surface area (TPSA) is 24.1 Å². The van der Waals surface area contributed by atoms with Crippen molar-refractivity contribution in [3.8, 4) is 0 Å². The third-order valence-corrected chi connectivity index (χ3v) is 3.98. The second-order valence-corrected chi connectivity index (χ2v) is 6.79. The van der Waals surface area contributed by atoms with Crippen LogP contribution in [0, 0.1) is 5.92 Å². The summed E-state index contributed by atoms with van der Waals surface area (Å²) < 4.78 is 0. The average Bonchev–Trinajstić information content (AvgIpc) is 2.39. The summed E-state index contributed by atoms with van der Waals surface area (Å²) >= 11 is 0. The normalized spacial score (nSPS) is 20.5.